The van der Waals surface area contributed by atoms with Crippen molar-refractivity contribution >= 4 is 16.7 Å². The molecule has 2 aliphatic rings. The van der Waals surface area contributed by atoms with Gasteiger partial charge in [-0.25, -0.2) is 4.98 Å². The van der Waals surface area contributed by atoms with Crippen LogP contribution in [0, 0.1) is 12.8 Å². The first-order valence-corrected chi connectivity index (χ1v) is 7.23. The summed E-state index contributed by atoms with van der Waals surface area (Å²) in [6, 6.07) is 7.09. The van der Waals surface area contributed by atoms with E-state index in [4.69, 9.17) is 0 Å². The molecule has 0 aliphatic carbocycles. The largest absolute Gasteiger partial charge is 0.382 e. The maximum Gasteiger partial charge on any atom is 0.104 e. The van der Waals surface area contributed by atoms with Crippen molar-refractivity contribution in [2.75, 3.05) is 25.0 Å². The molecule has 2 aromatic rings. The molecule has 2 N–H and O–H groups in total. The molecular formula is C15H20N4. The van der Waals surface area contributed by atoms with Gasteiger partial charge in [0.2, 0.25) is 0 Å². The highest BCUT2D eigenvalue weighted by molar-refractivity contribution is 5.79. The summed E-state index contributed by atoms with van der Waals surface area (Å²) in [5.41, 5.74) is 3.41. The van der Waals surface area contributed by atoms with Gasteiger partial charge in [0.1, 0.15) is 5.82 Å². The van der Waals surface area contributed by atoms with Gasteiger partial charge in [-0.2, -0.15) is 0 Å². The third kappa shape index (κ3) is 2.00. The van der Waals surface area contributed by atoms with Gasteiger partial charge in [-0.05, 0) is 50.4 Å². The number of aromatic nitrogens is 2. The molecule has 3 heterocycles. The van der Waals surface area contributed by atoms with Crippen molar-refractivity contribution in [1.82, 2.24) is 14.9 Å². The van der Waals surface area contributed by atoms with Crippen molar-refractivity contribution in [2.24, 2.45) is 5.92 Å². The maximum absolute atomic E-state index is 4.45. The number of imidazole rings is 1. The number of aromatic amines is 1. The number of hydrogen-bond acceptors (Lipinski definition) is 3. The first kappa shape index (κ1) is 11.3. The van der Waals surface area contributed by atoms with Crippen LogP contribution in [0.1, 0.15) is 18.7 Å². The molecule has 2 bridgehead atoms. The van der Waals surface area contributed by atoms with Gasteiger partial charge in [0.05, 0.1) is 11.0 Å². The molecule has 4 nitrogen and oxygen atoms in total. The molecule has 19 heavy (non-hydrogen) atoms. The monoisotopic (exact) mass is 256 g/mol. The summed E-state index contributed by atoms with van der Waals surface area (Å²) < 4.78 is 0. The zero-order valence-electron chi connectivity index (χ0n) is 11.3. The van der Waals surface area contributed by atoms with E-state index < -0.39 is 0 Å². The lowest BCUT2D eigenvalue weighted by Crippen LogP contribution is -2.39. The number of nitrogens with one attached hydrogen (secondary N) is 2. The van der Waals surface area contributed by atoms with Crippen molar-refractivity contribution in [2.45, 2.75) is 25.8 Å². The molecule has 0 amide bonds. The van der Waals surface area contributed by atoms with E-state index in [1.807, 2.05) is 6.92 Å². The van der Waals surface area contributed by atoms with Gasteiger partial charge in [0.25, 0.3) is 0 Å². The number of nitrogens with zero attached hydrogens (tertiary/aromatic N) is 2. The van der Waals surface area contributed by atoms with E-state index in [1.165, 1.54) is 38.2 Å². The van der Waals surface area contributed by atoms with Crippen LogP contribution in [0.4, 0.5) is 5.69 Å². The lowest BCUT2D eigenvalue weighted by molar-refractivity contribution is 0.255. The van der Waals surface area contributed by atoms with Crippen LogP contribution in [-0.4, -0.2) is 40.5 Å². The third-order valence-electron chi connectivity index (χ3n) is 4.59. The normalized spacial score (nSPS) is 29.8. The molecule has 4 heteroatoms. The number of anilines is 1. The van der Waals surface area contributed by atoms with Gasteiger partial charge >= 0.3 is 0 Å². The summed E-state index contributed by atoms with van der Waals surface area (Å²) in [7, 11) is 0. The highest BCUT2D eigenvalue weighted by Crippen LogP contribution is 2.30. The molecule has 1 aromatic carbocycles. The van der Waals surface area contributed by atoms with E-state index in [-0.39, 0.29) is 0 Å². The molecular weight excluding hydrogens is 236 g/mol. The smallest absolute Gasteiger partial charge is 0.104 e. The molecule has 2 saturated heterocycles. The van der Waals surface area contributed by atoms with Crippen molar-refractivity contribution in [3.05, 3.63) is 24.0 Å². The number of rotatable bonds is 2. The third-order valence-corrected chi connectivity index (χ3v) is 4.59. The van der Waals surface area contributed by atoms with Crippen LogP contribution < -0.4 is 5.32 Å². The van der Waals surface area contributed by atoms with Gasteiger partial charge in [0, 0.05) is 24.8 Å². The summed E-state index contributed by atoms with van der Waals surface area (Å²) in [5.74, 6) is 1.81. The molecule has 2 aliphatic heterocycles. The van der Waals surface area contributed by atoms with Gasteiger partial charge in [-0.15, -0.1) is 0 Å². The molecule has 3 atom stereocenters. The summed E-state index contributed by atoms with van der Waals surface area (Å²) in [4.78, 5) is 10.3. The Morgan fingerprint density at radius 1 is 1.32 bits per heavy atom. The molecule has 4 rings (SSSR count). The molecule has 0 radical (unpaired) electrons. The second-order valence-corrected chi connectivity index (χ2v) is 5.94. The van der Waals surface area contributed by atoms with E-state index in [0.717, 1.165) is 22.8 Å². The topological polar surface area (TPSA) is 44.0 Å². The SMILES string of the molecule is Cc1nc2ccc(NC3CCN4CCC3C4)cc2[nH]1. The second kappa shape index (κ2) is 4.23. The molecule has 3 unspecified atom stereocenters. The number of benzene rings is 1. The Labute approximate surface area is 113 Å². The van der Waals surface area contributed by atoms with Crippen molar-refractivity contribution in [3.8, 4) is 0 Å². The fraction of sp³-hybridized carbons (Fsp3) is 0.533. The molecule has 2 fully saturated rings. The summed E-state index contributed by atoms with van der Waals surface area (Å²) in [6.45, 7) is 5.83. The summed E-state index contributed by atoms with van der Waals surface area (Å²) >= 11 is 0. The standard InChI is InChI=1S/C15H20N4/c1-10-16-14-3-2-12(8-15(14)17-10)18-13-5-7-19-6-4-11(13)9-19/h2-3,8,11,13,18H,4-7,9H2,1H3,(H,16,17). The van der Waals surface area contributed by atoms with Gasteiger partial charge in [-0.1, -0.05) is 0 Å². The molecule has 1 aromatic heterocycles. The van der Waals surface area contributed by atoms with E-state index >= 15 is 0 Å². The van der Waals surface area contributed by atoms with Crippen LogP contribution in [0.5, 0.6) is 0 Å². The van der Waals surface area contributed by atoms with Crippen molar-refractivity contribution in [1.29, 1.82) is 0 Å². The summed E-state index contributed by atoms with van der Waals surface area (Å²) in [5, 5.41) is 3.74. The van der Waals surface area contributed by atoms with Crippen LogP contribution in [0.15, 0.2) is 18.2 Å². The first-order chi connectivity index (χ1) is 9.28. The van der Waals surface area contributed by atoms with Gasteiger partial charge in [0.15, 0.2) is 0 Å². The number of fused-ring (bicyclic) bond motifs is 3. The minimum atomic E-state index is 0.639. The average Bonchev–Trinajstić information content (AvgIpc) is 2.95. The van der Waals surface area contributed by atoms with Gasteiger partial charge < -0.3 is 15.2 Å². The number of piperidine rings is 1. The Kier molecular flexibility index (Phi) is 2.52. The Hall–Kier alpha value is -1.55. The number of H-pyrrole nitrogens is 1. The highest BCUT2D eigenvalue weighted by atomic mass is 15.2. The van der Waals surface area contributed by atoms with Crippen molar-refractivity contribution < 1.29 is 0 Å². The average molecular weight is 256 g/mol. The Morgan fingerprint density at radius 2 is 2.21 bits per heavy atom. The highest BCUT2D eigenvalue weighted by Gasteiger charge is 2.34. The fourth-order valence-corrected chi connectivity index (χ4v) is 3.58. The Balaban J connectivity index is 1.57. The van der Waals surface area contributed by atoms with E-state index in [0.29, 0.717) is 6.04 Å². The lowest BCUT2D eigenvalue weighted by atomic mass is 9.94. The van der Waals surface area contributed by atoms with Crippen LogP contribution in [0.2, 0.25) is 0 Å². The Morgan fingerprint density at radius 3 is 3.16 bits per heavy atom. The Bertz CT molecular complexity index is 603. The van der Waals surface area contributed by atoms with Crippen LogP contribution in [0.3, 0.4) is 0 Å². The summed E-state index contributed by atoms with van der Waals surface area (Å²) in [6.07, 6.45) is 2.62. The van der Waals surface area contributed by atoms with Crippen molar-refractivity contribution in [3.63, 3.8) is 0 Å². The lowest BCUT2D eigenvalue weighted by Gasteiger charge is -2.31. The molecule has 0 saturated carbocycles. The van der Waals surface area contributed by atoms with Gasteiger partial charge in [-0.3, -0.25) is 0 Å². The van der Waals surface area contributed by atoms with Crippen LogP contribution in [0.25, 0.3) is 11.0 Å². The first-order valence-electron chi connectivity index (χ1n) is 7.23. The minimum absolute atomic E-state index is 0.639. The zero-order chi connectivity index (χ0) is 12.8. The van der Waals surface area contributed by atoms with E-state index in [1.54, 1.807) is 0 Å². The van der Waals surface area contributed by atoms with Crippen LogP contribution in [-0.2, 0) is 0 Å². The quantitative estimate of drug-likeness (QED) is 0.867. The number of aryl methyl sites for hydroxylation is 1. The fourth-order valence-electron chi connectivity index (χ4n) is 3.58. The second-order valence-electron chi connectivity index (χ2n) is 5.94. The predicted octanol–water partition coefficient (Wildman–Crippen LogP) is 2.38. The molecule has 100 valence electrons. The van der Waals surface area contributed by atoms with E-state index in [9.17, 15) is 0 Å². The number of hydrogen-bond donors (Lipinski definition) is 2. The zero-order valence-corrected chi connectivity index (χ0v) is 11.3. The maximum atomic E-state index is 4.45. The minimum Gasteiger partial charge on any atom is -0.382 e. The predicted molar refractivity (Wildman–Crippen MR) is 77.4 cm³/mol. The molecule has 0 spiro atoms. The van der Waals surface area contributed by atoms with Crippen LogP contribution >= 0.6 is 0 Å². The van der Waals surface area contributed by atoms with E-state index in [2.05, 4.69) is 38.4 Å².